The first-order chi connectivity index (χ1) is 18.2. The fourth-order valence-electron chi connectivity index (χ4n) is 6.23. The highest BCUT2D eigenvalue weighted by Crippen LogP contribution is 2.47. The number of piperidine rings is 1. The van der Waals surface area contributed by atoms with Gasteiger partial charge in [-0.25, -0.2) is 9.37 Å². The van der Waals surface area contributed by atoms with Crippen molar-refractivity contribution in [2.45, 2.75) is 51.0 Å². The van der Waals surface area contributed by atoms with Gasteiger partial charge in [0.25, 0.3) is 0 Å². The molecule has 38 heavy (non-hydrogen) atoms. The molecule has 7 nitrogen and oxygen atoms in total. The summed E-state index contributed by atoms with van der Waals surface area (Å²) >= 11 is 0. The van der Waals surface area contributed by atoms with Crippen LogP contribution in [0.5, 0.6) is 0 Å². The molecule has 1 aromatic heterocycles. The summed E-state index contributed by atoms with van der Waals surface area (Å²) in [6.07, 6.45) is 4.07. The van der Waals surface area contributed by atoms with E-state index in [1.54, 1.807) is 23.2 Å². The molecule has 2 aliphatic heterocycles. The topological polar surface area (TPSA) is 91.4 Å². The molecule has 1 spiro atoms. The molecule has 2 atom stereocenters. The zero-order valence-corrected chi connectivity index (χ0v) is 21.4. The molecule has 0 saturated carbocycles. The number of hydrogen-bond acceptors (Lipinski definition) is 4. The number of amides is 3. The van der Waals surface area contributed by atoms with Gasteiger partial charge in [-0.05, 0) is 72.7 Å². The number of pyridine rings is 1. The highest BCUT2D eigenvalue weighted by molar-refractivity contribution is 6.06. The Balaban J connectivity index is 1.21. The van der Waals surface area contributed by atoms with Crippen LogP contribution in [0.15, 0.2) is 60.8 Å². The first-order valence-electron chi connectivity index (χ1n) is 12.9. The minimum absolute atomic E-state index is 0.0531. The molecule has 1 saturated heterocycles. The average Bonchev–Trinajstić information content (AvgIpc) is 3.39. The van der Waals surface area contributed by atoms with Crippen LogP contribution < -0.4 is 10.6 Å². The number of carbonyl (C=O) groups is 3. The van der Waals surface area contributed by atoms with Crippen LogP contribution >= 0.6 is 0 Å². The number of fused-ring (bicyclic) bond motifs is 3. The lowest BCUT2D eigenvalue weighted by Crippen LogP contribution is -2.50. The molecule has 3 aliphatic rings. The SMILES string of the molecule is CC1(C)CC[C@@H](c2cccc(F)c2)N(CC(=O)Nc2ccc3c(c2)C[C@@]2(C3)C(=O)Nc3ncccc32)C1=O. The second-order valence-electron chi connectivity index (χ2n) is 11.2. The Kier molecular flexibility index (Phi) is 5.59. The van der Waals surface area contributed by atoms with E-state index in [4.69, 9.17) is 0 Å². The van der Waals surface area contributed by atoms with Gasteiger partial charge in [0.05, 0.1) is 11.5 Å². The van der Waals surface area contributed by atoms with Gasteiger partial charge in [0.1, 0.15) is 18.2 Å². The van der Waals surface area contributed by atoms with Crippen LogP contribution in [-0.2, 0) is 32.6 Å². The van der Waals surface area contributed by atoms with Crippen LogP contribution in [0.2, 0.25) is 0 Å². The summed E-state index contributed by atoms with van der Waals surface area (Å²) in [5, 5.41) is 5.85. The van der Waals surface area contributed by atoms with E-state index in [1.165, 1.54) is 12.1 Å². The summed E-state index contributed by atoms with van der Waals surface area (Å²) in [7, 11) is 0. The third-order valence-electron chi connectivity index (χ3n) is 8.27. The number of nitrogens with one attached hydrogen (secondary N) is 2. The molecule has 3 aromatic rings. The van der Waals surface area contributed by atoms with Crippen LogP contribution in [0.25, 0.3) is 0 Å². The molecule has 0 unspecified atom stereocenters. The van der Waals surface area contributed by atoms with E-state index >= 15 is 0 Å². The minimum atomic E-state index is -0.682. The maximum atomic E-state index is 14.0. The molecule has 0 bridgehead atoms. The van der Waals surface area contributed by atoms with E-state index in [9.17, 15) is 18.8 Å². The van der Waals surface area contributed by atoms with E-state index in [1.807, 2.05) is 44.2 Å². The van der Waals surface area contributed by atoms with Crippen LogP contribution in [0.3, 0.4) is 0 Å². The molecule has 2 aromatic carbocycles. The Hall–Kier alpha value is -4.07. The lowest BCUT2D eigenvalue weighted by molar-refractivity contribution is -0.150. The van der Waals surface area contributed by atoms with Crippen LogP contribution in [0, 0.1) is 11.2 Å². The minimum Gasteiger partial charge on any atom is -0.326 e. The van der Waals surface area contributed by atoms with E-state index in [0.29, 0.717) is 42.8 Å². The van der Waals surface area contributed by atoms with Gasteiger partial charge in [0.2, 0.25) is 17.7 Å². The molecule has 3 amide bonds. The Morgan fingerprint density at radius 1 is 1.11 bits per heavy atom. The zero-order chi connectivity index (χ0) is 26.7. The van der Waals surface area contributed by atoms with Crippen molar-refractivity contribution in [3.05, 3.63) is 88.9 Å². The van der Waals surface area contributed by atoms with Crippen LogP contribution in [0.4, 0.5) is 15.9 Å². The summed E-state index contributed by atoms with van der Waals surface area (Å²) in [5.41, 5.74) is 2.99. The molecular formula is C30H29FN4O3. The molecule has 194 valence electrons. The van der Waals surface area contributed by atoms with Gasteiger partial charge >= 0.3 is 0 Å². The largest absolute Gasteiger partial charge is 0.326 e. The summed E-state index contributed by atoms with van der Waals surface area (Å²) < 4.78 is 14.0. The highest BCUT2D eigenvalue weighted by Gasteiger charge is 2.51. The van der Waals surface area contributed by atoms with Crippen molar-refractivity contribution in [2.24, 2.45) is 5.41 Å². The second kappa shape index (κ2) is 8.75. The summed E-state index contributed by atoms with van der Waals surface area (Å²) in [4.78, 5) is 45.4. The number of rotatable bonds is 4. The number of benzene rings is 2. The predicted molar refractivity (Wildman–Crippen MR) is 141 cm³/mol. The molecule has 2 N–H and O–H groups in total. The lowest BCUT2D eigenvalue weighted by Gasteiger charge is -2.43. The van der Waals surface area contributed by atoms with E-state index in [2.05, 4.69) is 15.6 Å². The molecule has 6 rings (SSSR count). The summed E-state index contributed by atoms with van der Waals surface area (Å²) in [6, 6.07) is 15.3. The van der Waals surface area contributed by atoms with Gasteiger partial charge in [-0.15, -0.1) is 0 Å². The molecule has 0 radical (unpaired) electrons. The maximum absolute atomic E-state index is 14.0. The Labute approximate surface area is 220 Å². The molecule has 1 fully saturated rings. The Morgan fingerprint density at radius 3 is 2.74 bits per heavy atom. The van der Waals surface area contributed by atoms with Crippen molar-refractivity contribution >= 4 is 29.2 Å². The Bertz CT molecular complexity index is 1490. The normalized spacial score (nSPS) is 23.2. The number of nitrogens with zero attached hydrogens (tertiary/aromatic N) is 2. The van der Waals surface area contributed by atoms with Crippen molar-refractivity contribution in [1.29, 1.82) is 0 Å². The number of aromatic nitrogens is 1. The second-order valence-corrected chi connectivity index (χ2v) is 11.2. The molecule has 1 aliphatic carbocycles. The summed E-state index contributed by atoms with van der Waals surface area (Å²) in [6.45, 7) is 3.63. The van der Waals surface area contributed by atoms with Crippen molar-refractivity contribution in [3.8, 4) is 0 Å². The summed E-state index contributed by atoms with van der Waals surface area (Å²) in [5.74, 6) is -0.250. The quantitative estimate of drug-likeness (QED) is 0.537. The van der Waals surface area contributed by atoms with Gasteiger partial charge in [-0.1, -0.05) is 38.1 Å². The standard InChI is InChI=1S/C30H29FN4O3/c1-29(2)11-10-24(18-5-3-6-21(31)13-18)35(28(29)38)17-25(36)33-22-9-8-19-15-30(16-20(19)14-22)23-7-4-12-32-26(23)34-27(30)37/h3-9,12-14,24H,10-11,15-17H2,1-2H3,(H,33,36)(H,32,34,37)/t24-,30+/m0/s1. The van der Waals surface area contributed by atoms with Gasteiger partial charge in [-0.2, -0.15) is 0 Å². The van der Waals surface area contributed by atoms with Gasteiger partial charge in [-0.3, -0.25) is 14.4 Å². The van der Waals surface area contributed by atoms with Crippen LogP contribution in [0.1, 0.15) is 55.0 Å². The predicted octanol–water partition coefficient (Wildman–Crippen LogP) is 4.54. The van der Waals surface area contributed by atoms with Gasteiger partial charge < -0.3 is 15.5 Å². The number of halogens is 1. The smallest absolute Gasteiger partial charge is 0.244 e. The first kappa shape index (κ1) is 24.3. The third kappa shape index (κ3) is 3.95. The monoisotopic (exact) mass is 512 g/mol. The van der Waals surface area contributed by atoms with Crippen molar-refractivity contribution in [1.82, 2.24) is 9.88 Å². The number of carbonyl (C=O) groups excluding carboxylic acids is 3. The average molecular weight is 513 g/mol. The third-order valence-corrected chi connectivity index (χ3v) is 8.27. The molecular weight excluding hydrogens is 483 g/mol. The number of anilines is 2. The highest BCUT2D eigenvalue weighted by atomic mass is 19.1. The molecule has 3 heterocycles. The van der Waals surface area contributed by atoms with E-state index in [0.717, 1.165) is 16.7 Å². The Morgan fingerprint density at radius 2 is 1.92 bits per heavy atom. The molecule has 8 heteroatoms. The maximum Gasteiger partial charge on any atom is 0.244 e. The lowest BCUT2D eigenvalue weighted by atomic mass is 9.78. The fourth-order valence-corrected chi connectivity index (χ4v) is 6.23. The number of hydrogen-bond donors (Lipinski definition) is 2. The van der Waals surface area contributed by atoms with Crippen molar-refractivity contribution in [3.63, 3.8) is 0 Å². The van der Waals surface area contributed by atoms with Crippen molar-refractivity contribution < 1.29 is 18.8 Å². The fraction of sp³-hybridized carbons (Fsp3) is 0.333. The van der Waals surface area contributed by atoms with E-state index < -0.39 is 10.8 Å². The first-order valence-corrected chi connectivity index (χ1v) is 12.9. The van der Waals surface area contributed by atoms with Gasteiger partial charge in [0, 0.05) is 22.9 Å². The zero-order valence-electron chi connectivity index (χ0n) is 21.4. The van der Waals surface area contributed by atoms with Crippen LogP contribution in [-0.4, -0.2) is 34.2 Å². The van der Waals surface area contributed by atoms with E-state index in [-0.39, 0.29) is 36.1 Å². The van der Waals surface area contributed by atoms with Crippen molar-refractivity contribution in [2.75, 3.05) is 17.2 Å². The van der Waals surface area contributed by atoms with Gasteiger partial charge in [0.15, 0.2) is 0 Å². The number of likely N-dealkylation sites (tertiary alicyclic amines) is 1.